The molecule has 0 fully saturated rings. The van der Waals surface area contributed by atoms with Crippen LogP contribution in [0.3, 0.4) is 0 Å². The van der Waals surface area contributed by atoms with Gasteiger partial charge < -0.3 is 0 Å². The number of hydrogen-bond donors (Lipinski definition) is 1. The van der Waals surface area contributed by atoms with Crippen LogP contribution in [-0.2, 0) is 12.8 Å². The van der Waals surface area contributed by atoms with Gasteiger partial charge in [-0.05, 0) is 37.3 Å². The Bertz CT molecular complexity index is 635. The van der Waals surface area contributed by atoms with E-state index in [9.17, 15) is 4.79 Å². The van der Waals surface area contributed by atoms with Crippen LogP contribution in [0.15, 0.2) is 29.1 Å². The third-order valence-corrected chi connectivity index (χ3v) is 3.54. The fraction of sp³-hybridized carbons (Fsp3) is 0.471. The molecule has 108 valence electrons. The van der Waals surface area contributed by atoms with Gasteiger partial charge >= 0.3 is 0 Å². The SMILES string of the molecule is CCCc1c(CC(C)C)[nH]n(-c2ccccc2C)c1=O. The highest BCUT2D eigenvalue weighted by atomic mass is 16.1. The van der Waals surface area contributed by atoms with Crippen LogP contribution in [0, 0.1) is 12.8 Å². The number of hydrogen-bond acceptors (Lipinski definition) is 1. The molecule has 0 aliphatic rings. The first-order chi connectivity index (χ1) is 9.54. The zero-order chi connectivity index (χ0) is 14.7. The molecule has 2 aromatic rings. The van der Waals surface area contributed by atoms with Gasteiger partial charge in [-0.2, -0.15) is 0 Å². The Labute approximate surface area is 120 Å². The minimum Gasteiger partial charge on any atom is -0.295 e. The number of aromatic amines is 1. The Hall–Kier alpha value is -1.77. The van der Waals surface area contributed by atoms with Crippen LogP contribution < -0.4 is 5.56 Å². The summed E-state index contributed by atoms with van der Waals surface area (Å²) < 4.78 is 1.71. The Morgan fingerprint density at radius 2 is 1.95 bits per heavy atom. The highest BCUT2D eigenvalue weighted by molar-refractivity contribution is 5.40. The number of benzene rings is 1. The topological polar surface area (TPSA) is 37.8 Å². The van der Waals surface area contributed by atoms with Crippen molar-refractivity contribution in [2.24, 2.45) is 5.92 Å². The number of H-pyrrole nitrogens is 1. The Kier molecular flexibility index (Phi) is 4.48. The number of nitrogens with one attached hydrogen (secondary N) is 1. The average Bonchev–Trinajstić information content (AvgIpc) is 2.68. The van der Waals surface area contributed by atoms with Gasteiger partial charge in [0, 0.05) is 11.3 Å². The molecule has 0 aliphatic heterocycles. The summed E-state index contributed by atoms with van der Waals surface area (Å²) in [6, 6.07) is 7.98. The average molecular weight is 272 g/mol. The van der Waals surface area contributed by atoms with Gasteiger partial charge in [0.15, 0.2) is 0 Å². The van der Waals surface area contributed by atoms with Gasteiger partial charge in [-0.25, -0.2) is 4.68 Å². The highest BCUT2D eigenvalue weighted by Gasteiger charge is 2.16. The summed E-state index contributed by atoms with van der Waals surface area (Å²) in [7, 11) is 0. The quantitative estimate of drug-likeness (QED) is 0.887. The molecule has 0 unspecified atom stereocenters. The Morgan fingerprint density at radius 1 is 1.25 bits per heavy atom. The fourth-order valence-corrected chi connectivity index (χ4v) is 2.59. The van der Waals surface area contributed by atoms with E-state index >= 15 is 0 Å². The number of rotatable bonds is 5. The molecule has 0 spiro atoms. The van der Waals surface area contributed by atoms with Gasteiger partial charge in [0.05, 0.1) is 5.69 Å². The lowest BCUT2D eigenvalue weighted by atomic mass is 10.0. The molecule has 1 aromatic carbocycles. The lowest BCUT2D eigenvalue weighted by molar-refractivity contribution is 0.623. The fourth-order valence-electron chi connectivity index (χ4n) is 2.59. The lowest BCUT2D eigenvalue weighted by Crippen LogP contribution is -2.18. The molecular formula is C17H24N2O. The Balaban J connectivity index is 2.55. The third-order valence-electron chi connectivity index (χ3n) is 3.54. The summed E-state index contributed by atoms with van der Waals surface area (Å²) >= 11 is 0. The molecule has 0 amide bonds. The van der Waals surface area contributed by atoms with E-state index in [1.165, 1.54) is 0 Å². The van der Waals surface area contributed by atoms with Crippen molar-refractivity contribution in [3.63, 3.8) is 0 Å². The van der Waals surface area contributed by atoms with Crippen LogP contribution >= 0.6 is 0 Å². The van der Waals surface area contributed by atoms with Crippen LogP contribution in [-0.4, -0.2) is 9.78 Å². The van der Waals surface area contributed by atoms with E-state index in [1.54, 1.807) is 4.68 Å². The van der Waals surface area contributed by atoms with Gasteiger partial charge in [0.2, 0.25) is 0 Å². The third kappa shape index (κ3) is 2.87. The summed E-state index contributed by atoms with van der Waals surface area (Å²) in [6.45, 7) is 8.51. The predicted molar refractivity (Wildman–Crippen MR) is 83.7 cm³/mol. The van der Waals surface area contributed by atoms with Crippen molar-refractivity contribution >= 4 is 0 Å². The zero-order valence-electron chi connectivity index (χ0n) is 12.9. The van der Waals surface area contributed by atoms with Crippen molar-refractivity contribution in [3.05, 3.63) is 51.4 Å². The van der Waals surface area contributed by atoms with Gasteiger partial charge in [0.1, 0.15) is 0 Å². The number of aromatic nitrogens is 2. The van der Waals surface area contributed by atoms with E-state index in [2.05, 4.69) is 25.9 Å². The van der Waals surface area contributed by atoms with Gasteiger partial charge in [0.25, 0.3) is 5.56 Å². The Morgan fingerprint density at radius 3 is 2.55 bits per heavy atom. The summed E-state index contributed by atoms with van der Waals surface area (Å²) in [6.07, 6.45) is 2.76. The lowest BCUT2D eigenvalue weighted by Gasteiger charge is -2.06. The molecule has 3 heteroatoms. The minimum absolute atomic E-state index is 0.108. The molecule has 0 saturated heterocycles. The van der Waals surface area contributed by atoms with E-state index < -0.39 is 0 Å². The maximum absolute atomic E-state index is 12.6. The van der Waals surface area contributed by atoms with Crippen molar-refractivity contribution in [1.29, 1.82) is 0 Å². The summed E-state index contributed by atoms with van der Waals surface area (Å²) in [4.78, 5) is 12.6. The molecule has 0 saturated carbocycles. The number of para-hydroxylation sites is 1. The maximum atomic E-state index is 12.6. The van der Waals surface area contributed by atoms with Crippen LogP contribution in [0.25, 0.3) is 5.69 Å². The van der Waals surface area contributed by atoms with Crippen molar-refractivity contribution in [3.8, 4) is 5.69 Å². The molecular weight excluding hydrogens is 248 g/mol. The second kappa shape index (κ2) is 6.12. The first-order valence-corrected chi connectivity index (χ1v) is 7.43. The highest BCUT2D eigenvalue weighted by Crippen LogP contribution is 2.15. The first-order valence-electron chi connectivity index (χ1n) is 7.43. The van der Waals surface area contributed by atoms with Crippen molar-refractivity contribution in [2.45, 2.75) is 47.0 Å². The smallest absolute Gasteiger partial charge is 0.274 e. The molecule has 1 aromatic heterocycles. The molecule has 1 N–H and O–H groups in total. The molecule has 0 atom stereocenters. The molecule has 0 aliphatic carbocycles. The van der Waals surface area contributed by atoms with E-state index in [0.29, 0.717) is 5.92 Å². The van der Waals surface area contributed by atoms with E-state index in [1.807, 2.05) is 31.2 Å². The molecule has 1 heterocycles. The summed E-state index contributed by atoms with van der Waals surface area (Å²) in [5.74, 6) is 0.536. The second-order valence-electron chi connectivity index (χ2n) is 5.84. The van der Waals surface area contributed by atoms with Gasteiger partial charge in [-0.3, -0.25) is 9.89 Å². The van der Waals surface area contributed by atoms with Crippen LogP contribution in [0.1, 0.15) is 44.0 Å². The van der Waals surface area contributed by atoms with Crippen LogP contribution in [0.5, 0.6) is 0 Å². The predicted octanol–water partition coefficient (Wildman–Crippen LogP) is 3.63. The van der Waals surface area contributed by atoms with Gasteiger partial charge in [-0.15, -0.1) is 0 Å². The molecule has 3 nitrogen and oxygen atoms in total. The van der Waals surface area contributed by atoms with Crippen molar-refractivity contribution in [2.75, 3.05) is 0 Å². The van der Waals surface area contributed by atoms with Gasteiger partial charge in [-0.1, -0.05) is 45.4 Å². The number of nitrogens with zero attached hydrogens (tertiary/aromatic N) is 1. The van der Waals surface area contributed by atoms with E-state index in [0.717, 1.165) is 41.8 Å². The monoisotopic (exact) mass is 272 g/mol. The normalized spacial score (nSPS) is 11.2. The van der Waals surface area contributed by atoms with E-state index in [-0.39, 0.29) is 5.56 Å². The molecule has 0 radical (unpaired) electrons. The minimum atomic E-state index is 0.108. The van der Waals surface area contributed by atoms with Crippen molar-refractivity contribution in [1.82, 2.24) is 9.78 Å². The van der Waals surface area contributed by atoms with Crippen LogP contribution in [0.4, 0.5) is 0 Å². The summed E-state index contributed by atoms with van der Waals surface area (Å²) in [5.41, 5.74) is 4.20. The number of aryl methyl sites for hydroxylation is 1. The first kappa shape index (κ1) is 14.6. The van der Waals surface area contributed by atoms with Crippen molar-refractivity contribution < 1.29 is 0 Å². The zero-order valence-corrected chi connectivity index (χ0v) is 12.9. The maximum Gasteiger partial charge on any atom is 0.274 e. The van der Waals surface area contributed by atoms with Crippen LogP contribution in [0.2, 0.25) is 0 Å². The van der Waals surface area contributed by atoms with E-state index in [4.69, 9.17) is 0 Å². The molecule has 2 rings (SSSR count). The standard InChI is InChI=1S/C17H24N2O/c1-5-8-14-15(11-12(2)3)18-19(17(14)20)16-10-7-6-9-13(16)4/h6-7,9-10,12,18H,5,8,11H2,1-4H3. The largest absolute Gasteiger partial charge is 0.295 e. The second-order valence-corrected chi connectivity index (χ2v) is 5.84. The molecule has 20 heavy (non-hydrogen) atoms. The molecule has 0 bridgehead atoms. The summed E-state index contributed by atoms with van der Waals surface area (Å²) in [5, 5.41) is 3.33.